The molecule has 3 aromatic heterocycles. The Morgan fingerprint density at radius 3 is 2.94 bits per heavy atom. The Morgan fingerprint density at radius 2 is 2.11 bits per heavy atom. The van der Waals surface area contributed by atoms with E-state index in [1.54, 1.807) is 22.0 Å². The summed E-state index contributed by atoms with van der Waals surface area (Å²) in [4.78, 5) is 32.0. The molecule has 0 unspecified atom stereocenters. The van der Waals surface area contributed by atoms with E-state index in [0.29, 0.717) is 28.1 Å². The quantitative estimate of drug-likeness (QED) is 0.310. The van der Waals surface area contributed by atoms with Crippen molar-refractivity contribution in [3.05, 3.63) is 46.7 Å². The highest BCUT2D eigenvalue weighted by molar-refractivity contribution is 7.17. The zero-order valence-corrected chi connectivity index (χ0v) is 20.2. The van der Waals surface area contributed by atoms with Crippen LogP contribution in [-0.2, 0) is 11.3 Å². The number of hydrogen-bond donors (Lipinski definition) is 4. The lowest BCUT2D eigenvalue weighted by atomic mass is 10.1. The highest BCUT2D eigenvalue weighted by atomic mass is 32.1. The van der Waals surface area contributed by atoms with Crippen molar-refractivity contribution >= 4 is 50.7 Å². The van der Waals surface area contributed by atoms with Crippen LogP contribution in [-0.4, -0.2) is 66.0 Å². The van der Waals surface area contributed by atoms with E-state index in [1.807, 2.05) is 26.0 Å². The van der Waals surface area contributed by atoms with E-state index < -0.39 is 0 Å². The van der Waals surface area contributed by atoms with E-state index >= 15 is 0 Å². The van der Waals surface area contributed by atoms with Gasteiger partial charge in [0.1, 0.15) is 11.4 Å². The van der Waals surface area contributed by atoms with Gasteiger partial charge in [-0.2, -0.15) is 10.2 Å². The zero-order chi connectivity index (χ0) is 24.5. The molecule has 4 heterocycles. The lowest BCUT2D eigenvalue weighted by molar-refractivity contribution is -0.133. The minimum absolute atomic E-state index is 0.0204. The molecule has 1 aliphatic heterocycles. The summed E-state index contributed by atoms with van der Waals surface area (Å²) in [6, 6.07) is 3.74. The molecular formula is C23H26N8O3S. The van der Waals surface area contributed by atoms with Gasteiger partial charge >= 0.3 is 0 Å². The summed E-state index contributed by atoms with van der Waals surface area (Å²) in [6.07, 6.45) is 6.73. The number of H-pyrrole nitrogens is 1. The van der Waals surface area contributed by atoms with Crippen LogP contribution in [0, 0.1) is 13.8 Å². The molecule has 1 aromatic carbocycles. The van der Waals surface area contributed by atoms with Crippen molar-refractivity contribution in [2.75, 3.05) is 23.8 Å². The molecule has 35 heavy (non-hydrogen) atoms. The van der Waals surface area contributed by atoms with Crippen molar-refractivity contribution in [1.29, 1.82) is 0 Å². The number of carbonyl (C=O) groups excluding carboxylic acids is 2. The summed E-state index contributed by atoms with van der Waals surface area (Å²) >= 11 is 1.21. The van der Waals surface area contributed by atoms with Crippen molar-refractivity contribution < 1.29 is 14.7 Å². The summed E-state index contributed by atoms with van der Waals surface area (Å²) in [7, 11) is 0. The first-order valence-electron chi connectivity index (χ1n) is 11.3. The molecule has 1 fully saturated rings. The molecule has 0 spiro atoms. The maximum absolute atomic E-state index is 12.9. The first-order valence-corrected chi connectivity index (χ1v) is 12.2. The lowest BCUT2D eigenvalue weighted by Crippen LogP contribution is -2.39. The smallest absolute Gasteiger partial charge is 0.267 e. The first kappa shape index (κ1) is 23.0. The van der Waals surface area contributed by atoms with E-state index in [9.17, 15) is 14.7 Å². The Hall–Kier alpha value is -3.77. The second kappa shape index (κ2) is 9.47. The molecule has 5 rings (SSSR count). The number of likely N-dealkylation sites (tertiary alicyclic amines) is 1. The fourth-order valence-electron chi connectivity index (χ4n) is 4.31. The van der Waals surface area contributed by atoms with E-state index in [0.717, 1.165) is 34.9 Å². The normalized spacial score (nSPS) is 15.6. The molecule has 4 N–H and O–H groups in total. The first-order chi connectivity index (χ1) is 16.9. The second-order valence-corrected chi connectivity index (χ2v) is 9.65. The molecule has 4 aromatic rings. The summed E-state index contributed by atoms with van der Waals surface area (Å²) in [6.45, 7) is 4.56. The molecule has 0 bridgehead atoms. The Kier molecular flexibility index (Phi) is 6.22. The Morgan fingerprint density at radius 1 is 1.26 bits per heavy atom. The second-order valence-electron chi connectivity index (χ2n) is 8.62. The lowest BCUT2D eigenvalue weighted by Gasteiger charge is -2.22. The van der Waals surface area contributed by atoms with Gasteiger partial charge in [-0.1, -0.05) is 17.4 Å². The molecule has 1 saturated heterocycles. The van der Waals surface area contributed by atoms with Gasteiger partial charge in [0.05, 0.1) is 36.2 Å². The molecule has 2 amide bonds. The fraction of sp³-hybridized carbons (Fsp3) is 0.348. The monoisotopic (exact) mass is 494 g/mol. The largest absolute Gasteiger partial charge is 0.394 e. The van der Waals surface area contributed by atoms with Gasteiger partial charge < -0.3 is 20.6 Å². The van der Waals surface area contributed by atoms with Gasteiger partial charge in [0.25, 0.3) is 5.91 Å². The third-order valence-corrected chi connectivity index (χ3v) is 7.09. The van der Waals surface area contributed by atoms with Crippen molar-refractivity contribution in [3.8, 4) is 0 Å². The van der Waals surface area contributed by atoms with Gasteiger partial charge in [-0.3, -0.25) is 19.4 Å². The van der Waals surface area contributed by atoms with E-state index in [1.165, 1.54) is 17.5 Å². The number of aromatic nitrogens is 5. The summed E-state index contributed by atoms with van der Waals surface area (Å²) in [5.41, 5.74) is 3.34. The summed E-state index contributed by atoms with van der Waals surface area (Å²) in [5, 5.41) is 28.4. The number of aliphatic hydroxyl groups is 1. The molecule has 0 aliphatic carbocycles. The van der Waals surface area contributed by atoms with Crippen LogP contribution in [0.4, 0.5) is 16.6 Å². The van der Waals surface area contributed by atoms with Crippen molar-refractivity contribution in [2.45, 2.75) is 39.3 Å². The number of carbonyl (C=O) groups is 2. The topological polar surface area (TPSA) is 141 Å². The van der Waals surface area contributed by atoms with E-state index in [2.05, 4.69) is 30.9 Å². The van der Waals surface area contributed by atoms with Gasteiger partial charge in [-0.15, -0.1) is 0 Å². The molecule has 1 aliphatic rings. The molecular weight excluding hydrogens is 468 g/mol. The summed E-state index contributed by atoms with van der Waals surface area (Å²) in [5.74, 6) is 0.245. The maximum atomic E-state index is 12.9. The number of aryl methyl sites for hydroxylation is 2. The van der Waals surface area contributed by atoms with Crippen LogP contribution in [0.2, 0.25) is 0 Å². The Balaban J connectivity index is 1.25. The van der Waals surface area contributed by atoms with Gasteiger partial charge in [0.2, 0.25) is 5.91 Å². The Labute approximate surface area is 205 Å². The number of aliphatic hydroxyl groups excluding tert-OH is 1. The van der Waals surface area contributed by atoms with Crippen LogP contribution in [0.5, 0.6) is 0 Å². The molecule has 1 atom stereocenters. The van der Waals surface area contributed by atoms with Gasteiger partial charge in [0, 0.05) is 23.7 Å². The van der Waals surface area contributed by atoms with Crippen molar-refractivity contribution in [2.24, 2.45) is 0 Å². The zero-order valence-electron chi connectivity index (χ0n) is 19.4. The SMILES string of the molecule is Cc1cn(CC(=O)N2CCC[C@@H]2CO)nc1Nc1ncc(C(=O)Nc2c(C)ccc3[nH]ncc23)s1. The highest BCUT2D eigenvalue weighted by Crippen LogP contribution is 2.28. The average molecular weight is 495 g/mol. The molecule has 0 saturated carbocycles. The minimum Gasteiger partial charge on any atom is -0.394 e. The number of nitrogens with zero attached hydrogens (tertiary/aromatic N) is 5. The predicted octanol–water partition coefficient (Wildman–Crippen LogP) is 2.81. The van der Waals surface area contributed by atoms with Crippen molar-refractivity contribution in [1.82, 2.24) is 29.9 Å². The number of anilines is 3. The van der Waals surface area contributed by atoms with E-state index in [4.69, 9.17) is 0 Å². The molecule has 0 radical (unpaired) electrons. The van der Waals surface area contributed by atoms with Crippen LogP contribution >= 0.6 is 11.3 Å². The number of nitrogens with one attached hydrogen (secondary N) is 3. The summed E-state index contributed by atoms with van der Waals surface area (Å²) < 4.78 is 1.59. The van der Waals surface area contributed by atoms with Crippen LogP contribution in [0.3, 0.4) is 0 Å². The fourth-order valence-corrected chi connectivity index (χ4v) is 5.02. The number of hydrogen-bond acceptors (Lipinski definition) is 8. The third-order valence-electron chi connectivity index (χ3n) is 6.18. The van der Waals surface area contributed by atoms with Gasteiger partial charge in [-0.05, 0) is 38.3 Å². The maximum Gasteiger partial charge on any atom is 0.267 e. The number of fused-ring (bicyclic) bond motifs is 1. The molecule has 12 heteroatoms. The number of aromatic amines is 1. The number of amides is 2. The standard InChI is InChI=1S/C23H26N8O3S/c1-13-5-6-17-16(8-25-28-17)20(13)26-22(34)18-9-24-23(35-18)27-21-14(2)10-30(29-21)11-19(33)31-7-3-4-15(31)12-32/h5-6,8-10,15,32H,3-4,7,11-12H2,1-2H3,(H,25,28)(H,26,34)(H,24,27,29)/t15-/m1/s1. The average Bonchev–Trinajstić information content (AvgIpc) is 3.63. The number of benzene rings is 1. The van der Waals surface area contributed by atoms with Crippen LogP contribution in [0.25, 0.3) is 10.9 Å². The molecule has 11 nitrogen and oxygen atoms in total. The van der Waals surface area contributed by atoms with E-state index in [-0.39, 0.29) is 31.0 Å². The van der Waals surface area contributed by atoms with Crippen molar-refractivity contribution in [3.63, 3.8) is 0 Å². The van der Waals surface area contributed by atoms with Crippen LogP contribution in [0.15, 0.2) is 30.7 Å². The van der Waals surface area contributed by atoms with Crippen LogP contribution < -0.4 is 10.6 Å². The van der Waals surface area contributed by atoms with Gasteiger partial charge in [-0.25, -0.2) is 4.98 Å². The number of rotatable bonds is 7. The third kappa shape index (κ3) is 4.62. The Bertz CT molecular complexity index is 1390. The molecule has 182 valence electrons. The number of thiazole rings is 1. The van der Waals surface area contributed by atoms with Crippen LogP contribution in [0.1, 0.15) is 33.6 Å². The minimum atomic E-state index is -0.260. The van der Waals surface area contributed by atoms with Gasteiger partial charge in [0.15, 0.2) is 10.9 Å². The highest BCUT2D eigenvalue weighted by Gasteiger charge is 2.28. The predicted molar refractivity (Wildman–Crippen MR) is 133 cm³/mol.